The van der Waals surface area contributed by atoms with E-state index in [0.717, 1.165) is 19.3 Å². The first-order chi connectivity index (χ1) is 7.68. The molecule has 86 valence electrons. The van der Waals surface area contributed by atoms with E-state index >= 15 is 0 Å². The van der Waals surface area contributed by atoms with Crippen LogP contribution in [0, 0.1) is 29.6 Å². The lowest BCUT2D eigenvalue weighted by Crippen LogP contribution is -2.49. The van der Waals surface area contributed by atoms with Gasteiger partial charge >= 0.3 is 0 Å². The van der Waals surface area contributed by atoms with E-state index in [9.17, 15) is 10.2 Å². The van der Waals surface area contributed by atoms with E-state index in [-0.39, 0.29) is 12.0 Å². The minimum Gasteiger partial charge on any atom is -0.392 e. The molecule has 2 N–H and O–H groups in total. The zero-order valence-electron chi connectivity index (χ0n) is 9.29. The largest absolute Gasteiger partial charge is 0.392 e. The van der Waals surface area contributed by atoms with Crippen LogP contribution in [0.1, 0.15) is 19.3 Å². The molecule has 0 aromatic rings. The predicted molar refractivity (Wildman–Crippen MR) is 60.5 cm³/mol. The van der Waals surface area contributed by atoms with E-state index in [1.165, 1.54) is 0 Å². The van der Waals surface area contributed by atoms with Crippen molar-refractivity contribution in [2.75, 3.05) is 0 Å². The number of rotatable bonds is 1. The van der Waals surface area contributed by atoms with Crippen molar-refractivity contribution in [3.05, 3.63) is 24.3 Å². The fourth-order valence-corrected chi connectivity index (χ4v) is 4.71. The van der Waals surface area contributed by atoms with Gasteiger partial charge in [0.05, 0.1) is 11.7 Å². The van der Waals surface area contributed by atoms with Gasteiger partial charge in [0.15, 0.2) is 0 Å². The summed E-state index contributed by atoms with van der Waals surface area (Å²) in [5.41, 5.74) is -0.622. The summed E-state index contributed by atoms with van der Waals surface area (Å²) in [5, 5.41) is 21.2. The summed E-state index contributed by atoms with van der Waals surface area (Å²) in [6, 6.07) is 0. The van der Waals surface area contributed by atoms with Crippen LogP contribution in [0.25, 0.3) is 0 Å². The van der Waals surface area contributed by atoms with E-state index in [0.29, 0.717) is 23.7 Å². The Morgan fingerprint density at radius 2 is 1.81 bits per heavy atom. The molecule has 0 spiro atoms. The quantitative estimate of drug-likeness (QED) is 0.655. The van der Waals surface area contributed by atoms with Gasteiger partial charge in [0.1, 0.15) is 0 Å². The van der Waals surface area contributed by atoms with Gasteiger partial charge in [0, 0.05) is 17.8 Å². The second-order valence-corrected chi connectivity index (χ2v) is 6.15. The Bertz CT molecular complexity index is 386. The second-order valence-electron chi connectivity index (χ2n) is 6.15. The average Bonchev–Trinajstić information content (AvgIpc) is 2.92. The molecule has 0 aromatic carbocycles. The molecule has 2 fully saturated rings. The minimum absolute atomic E-state index is 0.0856. The lowest BCUT2D eigenvalue weighted by molar-refractivity contribution is -0.0926. The van der Waals surface area contributed by atoms with Crippen LogP contribution in [0.5, 0.6) is 0 Å². The molecule has 4 aliphatic rings. The van der Waals surface area contributed by atoms with E-state index in [2.05, 4.69) is 24.3 Å². The van der Waals surface area contributed by atoms with Crippen LogP contribution in [0.15, 0.2) is 24.3 Å². The number of aliphatic hydroxyl groups excluding tert-OH is 1. The number of aliphatic hydroxyl groups is 2. The summed E-state index contributed by atoms with van der Waals surface area (Å²) in [6.07, 6.45) is 11.5. The fourth-order valence-electron chi connectivity index (χ4n) is 4.71. The molecule has 0 aliphatic heterocycles. The van der Waals surface area contributed by atoms with Gasteiger partial charge in [-0.25, -0.2) is 0 Å². The first kappa shape index (κ1) is 9.43. The Kier molecular flexibility index (Phi) is 1.65. The standard InChI is InChI=1S/C14H18O2/c15-13-10-3-2-9(6-10)12(13)14(16)7-8-1-4-11(14)5-8/h1-4,8-13,15-16H,5-7H2/t8-,9-,10-,11-,12+,13+,14+/m0/s1. The molecule has 2 saturated carbocycles. The molecule has 2 heteroatoms. The maximum Gasteiger partial charge on any atom is 0.0774 e. The summed E-state index contributed by atoms with van der Waals surface area (Å²) < 4.78 is 0. The first-order valence-corrected chi connectivity index (χ1v) is 6.45. The average molecular weight is 218 g/mol. The molecule has 0 saturated heterocycles. The summed E-state index contributed by atoms with van der Waals surface area (Å²) in [6.45, 7) is 0. The topological polar surface area (TPSA) is 40.5 Å². The molecule has 7 atom stereocenters. The summed E-state index contributed by atoms with van der Waals surface area (Å²) in [4.78, 5) is 0. The maximum absolute atomic E-state index is 10.9. The van der Waals surface area contributed by atoms with Crippen molar-refractivity contribution in [3.8, 4) is 0 Å². The van der Waals surface area contributed by atoms with Crippen molar-refractivity contribution < 1.29 is 10.2 Å². The Morgan fingerprint density at radius 3 is 2.38 bits per heavy atom. The zero-order valence-corrected chi connectivity index (χ0v) is 9.29. The molecular formula is C14H18O2. The highest BCUT2D eigenvalue weighted by atomic mass is 16.3. The first-order valence-electron chi connectivity index (χ1n) is 6.45. The lowest BCUT2D eigenvalue weighted by Gasteiger charge is -2.41. The molecule has 4 bridgehead atoms. The van der Waals surface area contributed by atoms with Crippen LogP contribution >= 0.6 is 0 Å². The van der Waals surface area contributed by atoms with E-state index < -0.39 is 5.60 Å². The highest BCUT2D eigenvalue weighted by Crippen LogP contribution is 2.58. The van der Waals surface area contributed by atoms with Crippen LogP contribution in [0.4, 0.5) is 0 Å². The Hall–Kier alpha value is -0.600. The Morgan fingerprint density at radius 1 is 1.00 bits per heavy atom. The summed E-state index contributed by atoms with van der Waals surface area (Å²) in [7, 11) is 0. The van der Waals surface area contributed by atoms with Crippen LogP contribution < -0.4 is 0 Å². The van der Waals surface area contributed by atoms with Crippen molar-refractivity contribution >= 4 is 0 Å². The molecule has 0 heterocycles. The molecule has 4 aliphatic carbocycles. The highest BCUT2D eigenvalue weighted by molar-refractivity contribution is 5.25. The van der Waals surface area contributed by atoms with Gasteiger partial charge in [-0.1, -0.05) is 24.3 Å². The van der Waals surface area contributed by atoms with Gasteiger partial charge in [-0.3, -0.25) is 0 Å². The van der Waals surface area contributed by atoms with Gasteiger partial charge in [-0.2, -0.15) is 0 Å². The highest BCUT2D eigenvalue weighted by Gasteiger charge is 2.59. The Labute approximate surface area is 95.7 Å². The van der Waals surface area contributed by atoms with Crippen LogP contribution in [-0.4, -0.2) is 21.9 Å². The second kappa shape index (κ2) is 2.80. The zero-order chi connectivity index (χ0) is 10.9. The summed E-state index contributed by atoms with van der Waals surface area (Å²) in [5.74, 6) is 1.66. The van der Waals surface area contributed by atoms with Gasteiger partial charge in [-0.15, -0.1) is 0 Å². The van der Waals surface area contributed by atoms with Gasteiger partial charge in [0.2, 0.25) is 0 Å². The maximum atomic E-state index is 10.9. The van der Waals surface area contributed by atoms with E-state index in [4.69, 9.17) is 0 Å². The molecular weight excluding hydrogens is 200 g/mol. The van der Waals surface area contributed by atoms with Crippen LogP contribution in [0.2, 0.25) is 0 Å². The SMILES string of the molecule is O[C@H]1[C@H]([C@@]2(O)C[C@H]3C=C[C@H]2C3)[C@H]2C=C[C@H]1C2. The number of hydrogen-bond donors (Lipinski definition) is 2. The van der Waals surface area contributed by atoms with Crippen molar-refractivity contribution in [2.24, 2.45) is 29.6 Å². The van der Waals surface area contributed by atoms with Gasteiger partial charge in [0.25, 0.3) is 0 Å². The van der Waals surface area contributed by atoms with Gasteiger partial charge in [-0.05, 0) is 31.1 Å². The van der Waals surface area contributed by atoms with Crippen molar-refractivity contribution in [1.29, 1.82) is 0 Å². The third-order valence-electron chi connectivity index (χ3n) is 5.40. The molecule has 4 rings (SSSR count). The fraction of sp³-hybridized carbons (Fsp3) is 0.714. The molecule has 0 amide bonds. The van der Waals surface area contributed by atoms with E-state index in [1.807, 2.05) is 0 Å². The number of hydrogen-bond acceptors (Lipinski definition) is 2. The molecule has 16 heavy (non-hydrogen) atoms. The molecule has 2 nitrogen and oxygen atoms in total. The number of fused-ring (bicyclic) bond motifs is 4. The molecule has 0 radical (unpaired) electrons. The van der Waals surface area contributed by atoms with Crippen molar-refractivity contribution in [1.82, 2.24) is 0 Å². The van der Waals surface area contributed by atoms with E-state index in [1.54, 1.807) is 0 Å². The molecule has 0 aromatic heterocycles. The Balaban J connectivity index is 1.71. The summed E-state index contributed by atoms with van der Waals surface area (Å²) >= 11 is 0. The van der Waals surface area contributed by atoms with Crippen molar-refractivity contribution in [3.63, 3.8) is 0 Å². The normalized spacial score (nSPS) is 61.4. The third-order valence-corrected chi connectivity index (χ3v) is 5.40. The number of allylic oxidation sites excluding steroid dienone is 2. The van der Waals surface area contributed by atoms with Gasteiger partial charge < -0.3 is 10.2 Å². The monoisotopic (exact) mass is 218 g/mol. The van der Waals surface area contributed by atoms with Crippen LogP contribution in [-0.2, 0) is 0 Å². The minimum atomic E-state index is -0.622. The smallest absolute Gasteiger partial charge is 0.0774 e. The third kappa shape index (κ3) is 0.957. The predicted octanol–water partition coefficient (Wildman–Crippen LogP) is 1.50. The lowest BCUT2D eigenvalue weighted by atomic mass is 9.70. The van der Waals surface area contributed by atoms with Crippen LogP contribution in [0.3, 0.4) is 0 Å². The molecule has 0 unspecified atom stereocenters. The van der Waals surface area contributed by atoms with Crippen molar-refractivity contribution in [2.45, 2.75) is 31.0 Å².